The van der Waals surface area contributed by atoms with Crippen LogP contribution in [-0.2, 0) is 0 Å². The van der Waals surface area contributed by atoms with Crippen molar-refractivity contribution in [3.05, 3.63) is 12.0 Å². The number of ether oxygens (including phenoxy) is 1. The summed E-state index contributed by atoms with van der Waals surface area (Å²) >= 11 is 0. The lowest BCUT2D eigenvalue weighted by Crippen LogP contribution is -2.60. The molecule has 1 spiro atoms. The number of amides is 2. The molecule has 3 aliphatic carbocycles. The number of anilines is 1. The minimum absolute atomic E-state index is 0.0403. The van der Waals surface area contributed by atoms with Gasteiger partial charge >= 0.3 is 6.03 Å². The lowest BCUT2D eigenvalue weighted by molar-refractivity contribution is -0.0247. The number of hydrogen-bond donors (Lipinski definition) is 0. The van der Waals surface area contributed by atoms with Crippen molar-refractivity contribution in [1.82, 2.24) is 19.8 Å². The molecule has 1 aromatic heterocycles. The van der Waals surface area contributed by atoms with Gasteiger partial charge in [-0.05, 0) is 77.3 Å². The average molecular weight is 481 g/mol. The largest absolute Gasteiger partial charge is 0.479 e. The molecule has 2 heterocycles. The number of nitrogens with zero attached hydrogens (tertiary/aromatic N) is 6. The Balaban J connectivity index is 1.44. The molecule has 5 rings (SSSR count). The molecule has 2 amide bonds. The highest BCUT2D eigenvalue weighted by Gasteiger charge is 2.56. The first kappa shape index (κ1) is 24.3. The van der Waals surface area contributed by atoms with E-state index in [9.17, 15) is 10.1 Å². The SMILES string of the molecule is COc1nc(C#N)ncc1N1C[C@]2(CC[C@](C3CCCCC3)(N(C)C)CC2)N(CC2CCC2)C1=O. The summed E-state index contributed by atoms with van der Waals surface area (Å²) in [6, 6.07) is 2.01. The minimum atomic E-state index is -0.167. The number of aromatic nitrogens is 2. The predicted molar refractivity (Wildman–Crippen MR) is 134 cm³/mol. The maximum atomic E-state index is 13.9. The summed E-state index contributed by atoms with van der Waals surface area (Å²) in [6.45, 7) is 1.48. The molecule has 35 heavy (non-hydrogen) atoms. The van der Waals surface area contributed by atoms with Gasteiger partial charge < -0.3 is 14.5 Å². The summed E-state index contributed by atoms with van der Waals surface area (Å²) in [7, 11) is 6.07. The molecular formula is C27H40N6O2. The molecule has 0 unspecified atom stereocenters. The predicted octanol–water partition coefficient (Wildman–Crippen LogP) is 4.59. The van der Waals surface area contributed by atoms with Crippen LogP contribution in [0.1, 0.15) is 82.9 Å². The van der Waals surface area contributed by atoms with E-state index in [0.717, 1.165) is 38.1 Å². The summed E-state index contributed by atoms with van der Waals surface area (Å²) in [6.07, 6.45) is 16.3. The monoisotopic (exact) mass is 480 g/mol. The van der Waals surface area contributed by atoms with Gasteiger partial charge in [0.1, 0.15) is 11.8 Å². The van der Waals surface area contributed by atoms with Gasteiger partial charge in [0, 0.05) is 12.1 Å². The number of nitriles is 1. The van der Waals surface area contributed by atoms with E-state index in [1.165, 1.54) is 58.5 Å². The lowest BCUT2D eigenvalue weighted by atomic mass is 9.62. The van der Waals surface area contributed by atoms with Gasteiger partial charge in [0.05, 0.1) is 25.4 Å². The molecule has 1 aliphatic heterocycles. The van der Waals surface area contributed by atoms with Gasteiger partial charge in [-0.1, -0.05) is 25.7 Å². The van der Waals surface area contributed by atoms with Crippen LogP contribution in [0.3, 0.4) is 0 Å². The van der Waals surface area contributed by atoms with E-state index in [1.54, 1.807) is 6.20 Å². The van der Waals surface area contributed by atoms with Crippen molar-refractivity contribution in [3.63, 3.8) is 0 Å². The first-order chi connectivity index (χ1) is 16.9. The molecule has 4 fully saturated rings. The number of carbonyl (C=O) groups excluding carboxylic acids is 1. The van der Waals surface area contributed by atoms with Crippen LogP contribution in [0.4, 0.5) is 10.5 Å². The lowest BCUT2D eigenvalue weighted by Gasteiger charge is -2.55. The van der Waals surface area contributed by atoms with Crippen molar-refractivity contribution in [2.24, 2.45) is 11.8 Å². The molecule has 0 atom stereocenters. The fourth-order valence-electron chi connectivity index (χ4n) is 7.38. The molecule has 1 aromatic rings. The number of urea groups is 1. The van der Waals surface area contributed by atoms with E-state index in [4.69, 9.17) is 4.74 Å². The third kappa shape index (κ3) is 4.16. The zero-order valence-corrected chi connectivity index (χ0v) is 21.6. The Bertz CT molecular complexity index is 970. The Morgan fingerprint density at radius 1 is 1.11 bits per heavy atom. The topological polar surface area (TPSA) is 85.6 Å². The molecule has 0 radical (unpaired) electrons. The van der Waals surface area contributed by atoms with E-state index in [1.807, 2.05) is 11.0 Å². The Hall–Kier alpha value is -2.40. The summed E-state index contributed by atoms with van der Waals surface area (Å²) in [5.74, 6) is 1.71. The fraction of sp³-hybridized carbons (Fsp3) is 0.778. The quantitative estimate of drug-likeness (QED) is 0.592. The Labute approximate surface area is 209 Å². The maximum Gasteiger partial charge on any atom is 0.325 e. The number of methoxy groups -OCH3 is 1. The van der Waals surface area contributed by atoms with E-state index in [-0.39, 0.29) is 22.9 Å². The molecule has 1 saturated heterocycles. The van der Waals surface area contributed by atoms with E-state index in [0.29, 0.717) is 24.0 Å². The fourth-order valence-corrected chi connectivity index (χ4v) is 7.38. The van der Waals surface area contributed by atoms with Gasteiger partial charge in [-0.25, -0.2) is 9.78 Å². The van der Waals surface area contributed by atoms with Crippen molar-refractivity contribution < 1.29 is 9.53 Å². The zero-order valence-electron chi connectivity index (χ0n) is 21.6. The van der Waals surface area contributed by atoms with Crippen LogP contribution >= 0.6 is 0 Å². The third-order valence-corrected chi connectivity index (χ3v) is 9.77. The summed E-state index contributed by atoms with van der Waals surface area (Å²) in [4.78, 5) is 28.9. The summed E-state index contributed by atoms with van der Waals surface area (Å²) in [5.41, 5.74) is 0.642. The van der Waals surface area contributed by atoms with Gasteiger partial charge in [-0.2, -0.15) is 10.2 Å². The summed E-state index contributed by atoms with van der Waals surface area (Å²) < 4.78 is 5.50. The zero-order chi connectivity index (χ0) is 24.6. The Kier molecular flexibility index (Phi) is 6.65. The molecule has 8 heteroatoms. The minimum Gasteiger partial charge on any atom is -0.479 e. The van der Waals surface area contributed by atoms with Gasteiger partial charge in [0.25, 0.3) is 0 Å². The molecule has 0 N–H and O–H groups in total. The average Bonchev–Trinajstić information content (AvgIpc) is 3.12. The van der Waals surface area contributed by atoms with E-state index in [2.05, 4.69) is 33.9 Å². The second-order valence-corrected chi connectivity index (χ2v) is 11.5. The van der Waals surface area contributed by atoms with Gasteiger partial charge in [0.2, 0.25) is 11.7 Å². The second-order valence-electron chi connectivity index (χ2n) is 11.5. The maximum absolute atomic E-state index is 13.9. The first-order valence-corrected chi connectivity index (χ1v) is 13.5. The highest BCUT2D eigenvalue weighted by molar-refractivity contribution is 5.96. The van der Waals surface area contributed by atoms with Crippen molar-refractivity contribution in [2.75, 3.05) is 39.2 Å². The van der Waals surface area contributed by atoms with Crippen molar-refractivity contribution in [1.29, 1.82) is 5.26 Å². The molecular weight excluding hydrogens is 440 g/mol. The second kappa shape index (κ2) is 9.57. The van der Waals surface area contributed by atoms with Crippen LogP contribution in [0.2, 0.25) is 0 Å². The molecule has 190 valence electrons. The Morgan fingerprint density at radius 3 is 2.40 bits per heavy atom. The molecule has 4 aliphatic rings. The molecule has 3 saturated carbocycles. The van der Waals surface area contributed by atoms with Crippen LogP contribution < -0.4 is 9.64 Å². The highest BCUT2D eigenvalue weighted by Crippen LogP contribution is 2.51. The summed E-state index contributed by atoms with van der Waals surface area (Å²) in [5, 5.41) is 9.22. The Morgan fingerprint density at radius 2 is 1.83 bits per heavy atom. The smallest absolute Gasteiger partial charge is 0.325 e. The van der Waals surface area contributed by atoms with Crippen LogP contribution in [0.25, 0.3) is 0 Å². The first-order valence-electron chi connectivity index (χ1n) is 13.5. The highest BCUT2D eigenvalue weighted by atomic mass is 16.5. The van der Waals surface area contributed by atoms with Gasteiger partial charge in [0.15, 0.2) is 0 Å². The van der Waals surface area contributed by atoms with Crippen LogP contribution in [0, 0.1) is 23.2 Å². The molecule has 0 bridgehead atoms. The van der Waals surface area contributed by atoms with Crippen LogP contribution in [-0.4, -0.2) is 71.2 Å². The normalized spacial score (nSPS) is 30.1. The van der Waals surface area contributed by atoms with Gasteiger partial charge in [-0.3, -0.25) is 4.90 Å². The van der Waals surface area contributed by atoms with E-state index < -0.39 is 0 Å². The number of rotatable bonds is 6. The van der Waals surface area contributed by atoms with Crippen molar-refractivity contribution in [3.8, 4) is 11.9 Å². The van der Waals surface area contributed by atoms with Gasteiger partial charge in [-0.15, -0.1) is 0 Å². The molecule has 8 nitrogen and oxygen atoms in total. The molecule has 0 aromatic carbocycles. The van der Waals surface area contributed by atoms with Crippen LogP contribution in [0.15, 0.2) is 6.20 Å². The number of hydrogen-bond acceptors (Lipinski definition) is 6. The van der Waals surface area contributed by atoms with Crippen molar-refractivity contribution >= 4 is 11.7 Å². The van der Waals surface area contributed by atoms with E-state index >= 15 is 0 Å². The third-order valence-electron chi connectivity index (χ3n) is 9.77. The van der Waals surface area contributed by atoms with Crippen LogP contribution in [0.5, 0.6) is 5.88 Å². The standard InChI is InChI=1S/C27H40N6O2/c1-31(2)27(21-10-5-4-6-11-21)14-12-26(13-15-27)19-32(25(34)33(26)18-20-8-7-9-20)22-17-29-23(16-28)30-24(22)35-3/h17,20-21H,4-15,18-19H2,1-3H3/t26-,27+. The number of carbonyl (C=O) groups is 1. The van der Waals surface area contributed by atoms with Crippen molar-refractivity contribution in [2.45, 2.75) is 88.1 Å².